The van der Waals surface area contributed by atoms with Gasteiger partial charge in [-0.15, -0.1) is 0 Å². The first-order valence-electron chi connectivity index (χ1n) is 14.8. The first kappa shape index (κ1) is 28.1. The van der Waals surface area contributed by atoms with Gasteiger partial charge in [-0.05, 0) is 72.2 Å². The van der Waals surface area contributed by atoms with Crippen LogP contribution in [-0.4, -0.2) is 48.4 Å². The monoisotopic (exact) mass is 570 g/mol. The lowest BCUT2D eigenvalue weighted by atomic mass is 9.81. The number of fused-ring (bicyclic) bond motifs is 2. The SMILES string of the molecule is CCc1cc(C)cc(CC)c1NC(=O)CN1C[C@H](c2ccc3c(c2C)OCO3)[C@@H](C(=O)O)[C@@H]1c1ccc2c(c1)CCO2. The standard InChI is InChI=1S/C34H38N2O6/c1-5-21-13-19(3)14-22(6-2)31(21)35-29(37)17-36-16-26(25-8-10-28-33(20(25)4)42-18-41-28)30(34(38)39)32(36)24-7-9-27-23(15-24)11-12-40-27/h7-10,13-15,26,30,32H,5-6,11-12,16-18H2,1-4H3,(H,35,37)(H,38,39)/t26-,30-,32+/m1/s1. The summed E-state index contributed by atoms with van der Waals surface area (Å²) in [5.74, 6) is 0.0215. The van der Waals surface area contributed by atoms with Crippen LogP contribution in [0, 0.1) is 19.8 Å². The number of aryl methyl sites for hydroxylation is 3. The van der Waals surface area contributed by atoms with Gasteiger partial charge in [-0.1, -0.05) is 49.7 Å². The molecule has 0 aliphatic carbocycles. The molecule has 3 aliphatic rings. The van der Waals surface area contributed by atoms with E-state index in [-0.39, 0.29) is 25.2 Å². The number of anilines is 1. The topological polar surface area (TPSA) is 97.3 Å². The predicted molar refractivity (Wildman–Crippen MR) is 160 cm³/mol. The summed E-state index contributed by atoms with van der Waals surface area (Å²) in [5.41, 5.74) is 8.01. The highest BCUT2D eigenvalue weighted by atomic mass is 16.7. The van der Waals surface area contributed by atoms with E-state index in [9.17, 15) is 14.7 Å². The molecule has 0 spiro atoms. The van der Waals surface area contributed by atoms with Gasteiger partial charge in [-0.25, -0.2) is 0 Å². The number of amides is 1. The predicted octanol–water partition coefficient (Wildman–Crippen LogP) is 5.57. The first-order valence-corrected chi connectivity index (χ1v) is 14.8. The molecule has 3 heterocycles. The Morgan fingerprint density at radius 2 is 1.71 bits per heavy atom. The average molecular weight is 571 g/mol. The Kier molecular flexibility index (Phi) is 7.58. The highest BCUT2D eigenvalue weighted by Crippen LogP contribution is 2.50. The minimum atomic E-state index is -0.887. The average Bonchev–Trinajstić information content (AvgIpc) is 3.72. The van der Waals surface area contributed by atoms with Crippen LogP contribution in [0.1, 0.15) is 64.8 Å². The number of carboxylic acids is 1. The Hall–Kier alpha value is -4.04. The molecule has 0 bridgehead atoms. The molecule has 1 saturated heterocycles. The van der Waals surface area contributed by atoms with Crippen LogP contribution in [0.5, 0.6) is 17.2 Å². The number of carbonyl (C=O) groups is 2. The van der Waals surface area contributed by atoms with E-state index in [2.05, 4.69) is 44.3 Å². The molecule has 6 rings (SSSR count). The maximum Gasteiger partial charge on any atom is 0.309 e. The lowest BCUT2D eigenvalue weighted by Crippen LogP contribution is -2.35. The van der Waals surface area contributed by atoms with Crippen LogP contribution >= 0.6 is 0 Å². The van der Waals surface area contributed by atoms with Crippen LogP contribution < -0.4 is 19.5 Å². The molecule has 220 valence electrons. The van der Waals surface area contributed by atoms with Crippen molar-refractivity contribution in [1.29, 1.82) is 0 Å². The molecular weight excluding hydrogens is 532 g/mol. The van der Waals surface area contributed by atoms with E-state index in [0.717, 1.165) is 64.1 Å². The molecule has 1 fully saturated rings. The molecule has 42 heavy (non-hydrogen) atoms. The minimum absolute atomic E-state index is 0.0717. The molecule has 0 unspecified atom stereocenters. The van der Waals surface area contributed by atoms with Crippen molar-refractivity contribution in [2.75, 3.05) is 31.8 Å². The molecule has 0 saturated carbocycles. The summed E-state index contributed by atoms with van der Waals surface area (Å²) < 4.78 is 17.0. The Morgan fingerprint density at radius 1 is 0.976 bits per heavy atom. The summed E-state index contributed by atoms with van der Waals surface area (Å²) in [6.45, 7) is 9.46. The summed E-state index contributed by atoms with van der Waals surface area (Å²) in [5, 5.41) is 13.9. The zero-order chi connectivity index (χ0) is 29.5. The fourth-order valence-electron chi connectivity index (χ4n) is 7.05. The lowest BCUT2D eigenvalue weighted by Gasteiger charge is -2.27. The van der Waals surface area contributed by atoms with Crippen LogP contribution in [0.15, 0.2) is 42.5 Å². The van der Waals surface area contributed by atoms with Gasteiger partial charge in [-0.2, -0.15) is 0 Å². The second-order valence-corrected chi connectivity index (χ2v) is 11.5. The molecular formula is C34H38N2O6. The first-order chi connectivity index (χ1) is 20.3. The van der Waals surface area contributed by atoms with Gasteiger partial charge in [0.1, 0.15) is 5.75 Å². The van der Waals surface area contributed by atoms with Crippen LogP contribution in [0.4, 0.5) is 5.69 Å². The van der Waals surface area contributed by atoms with Gasteiger partial charge in [0.15, 0.2) is 11.5 Å². The van der Waals surface area contributed by atoms with Crippen LogP contribution in [0.25, 0.3) is 0 Å². The summed E-state index contributed by atoms with van der Waals surface area (Å²) in [4.78, 5) is 28.8. The van der Waals surface area contributed by atoms with Crippen molar-refractivity contribution in [1.82, 2.24) is 4.90 Å². The number of nitrogens with one attached hydrogen (secondary N) is 1. The van der Waals surface area contributed by atoms with E-state index < -0.39 is 17.9 Å². The van der Waals surface area contributed by atoms with E-state index in [0.29, 0.717) is 24.7 Å². The number of hydrogen-bond donors (Lipinski definition) is 2. The van der Waals surface area contributed by atoms with Crippen molar-refractivity contribution < 1.29 is 28.9 Å². The number of ether oxygens (including phenoxy) is 3. The number of carboxylic acid groups (broad SMARTS) is 1. The van der Waals surface area contributed by atoms with Gasteiger partial charge >= 0.3 is 5.97 Å². The molecule has 3 aliphatic heterocycles. The Bertz CT molecular complexity index is 1520. The number of hydrogen-bond acceptors (Lipinski definition) is 6. The van der Waals surface area contributed by atoms with E-state index in [1.807, 2.05) is 36.1 Å². The number of rotatable bonds is 8. The maximum absolute atomic E-state index is 13.7. The van der Waals surface area contributed by atoms with Gasteiger partial charge < -0.3 is 24.6 Å². The van der Waals surface area contributed by atoms with E-state index in [4.69, 9.17) is 14.2 Å². The molecule has 1 amide bonds. The van der Waals surface area contributed by atoms with Crippen molar-refractivity contribution in [3.8, 4) is 17.2 Å². The number of benzene rings is 3. The zero-order valence-electron chi connectivity index (χ0n) is 24.7. The largest absolute Gasteiger partial charge is 0.493 e. The molecule has 3 atom stereocenters. The molecule has 8 heteroatoms. The summed E-state index contributed by atoms with van der Waals surface area (Å²) in [6.07, 6.45) is 2.40. The quantitative estimate of drug-likeness (QED) is 0.365. The van der Waals surface area contributed by atoms with Crippen LogP contribution in [-0.2, 0) is 28.9 Å². The Balaban J connectivity index is 1.37. The van der Waals surface area contributed by atoms with Gasteiger partial charge in [0.25, 0.3) is 0 Å². The number of nitrogens with zero attached hydrogens (tertiary/aromatic N) is 1. The molecule has 2 N–H and O–H groups in total. The van der Waals surface area contributed by atoms with Crippen LogP contribution in [0.3, 0.4) is 0 Å². The van der Waals surface area contributed by atoms with Gasteiger partial charge in [0.2, 0.25) is 12.7 Å². The van der Waals surface area contributed by atoms with Gasteiger partial charge in [-0.3, -0.25) is 14.5 Å². The molecule has 0 radical (unpaired) electrons. The van der Waals surface area contributed by atoms with E-state index >= 15 is 0 Å². The van der Waals surface area contributed by atoms with Crippen molar-refractivity contribution in [2.24, 2.45) is 5.92 Å². The lowest BCUT2D eigenvalue weighted by molar-refractivity contribution is -0.143. The van der Waals surface area contributed by atoms with Crippen molar-refractivity contribution in [3.05, 3.63) is 81.4 Å². The summed E-state index contributed by atoms with van der Waals surface area (Å²) >= 11 is 0. The number of likely N-dealkylation sites (tertiary alicyclic amines) is 1. The Morgan fingerprint density at radius 3 is 2.43 bits per heavy atom. The summed E-state index contributed by atoms with van der Waals surface area (Å²) in [7, 11) is 0. The molecule has 3 aromatic rings. The van der Waals surface area contributed by atoms with Crippen LogP contribution in [0.2, 0.25) is 0 Å². The second-order valence-electron chi connectivity index (χ2n) is 11.5. The number of carbonyl (C=O) groups excluding carboxylic acids is 1. The van der Waals surface area contributed by atoms with Gasteiger partial charge in [0, 0.05) is 30.6 Å². The third-order valence-corrected chi connectivity index (χ3v) is 8.99. The zero-order valence-corrected chi connectivity index (χ0v) is 24.7. The molecule has 3 aromatic carbocycles. The van der Waals surface area contributed by atoms with E-state index in [1.165, 1.54) is 5.56 Å². The van der Waals surface area contributed by atoms with Crippen molar-refractivity contribution in [2.45, 2.75) is 58.9 Å². The maximum atomic E-state index is 13.7. The number of aliphatic carboxylic acids is 1. The molecule has 0 aromatic heterocycles. The second kappa shape index (κ2) is 11.3. The summed E-state index contributed by atoms with van der Waals surface area (Å²) in [6, 6.07) is 13.5. The Labute approximate surface area is 246 Å². The third kappa shape index (κ3) is 4.98. The fourth-order valence-corrected chi connectivity index (χ4v) is 7.05. The highest BCUT2D eigenvalue weighted by Gasteiger charge is 2.49. The molecule has 8 nitrogen and oxygen atoms in total. The fraction of sp³-hybridized carbons (Fsp3) is 0.412. The normalized spacial score (nSPS) is 20.8. The van der Waals surface area contributed by atoms with Crippen molar-refractivity contribution >= 4 is 17.6 Å². The third-order valence-electron chi connectivity index (χ3n) is 8.99. The minimum Gasteiger partial charge on any atom is -0.493 e. The highest BCUT2D eigenvalue weighted by molar-refractivity contribution is 5.94. The smallest absolute Gasteiger partial charge is 0.309 e. The van der Waals surface area contributed by atoms with Gasteiger partial charge in [0.05, 0.1) is 19.1 Å². The van der Waals surface area contributed by atoms with E-state index in [1.54, 1.807) is 0 Å². The van der Waals surface area contributed by atoms with Crippen molar-refractivity contribution in [3.63, 3.8) is 0 Å².